The van der Waals surface area contributed by atoms with Gasteiger partial charge in [0.25, 0.3) is 5.56 Å². The summed E-state index contributed by atoms with van der Waals surface area (Å²) >= 11 is 2.05. The van der Waals surface area contributed by atoms with E-state index in [1.165, 1.54) is 0 Å². The van der Waals surface area contributed by atoms with Gasteiger partial charge in [0.05, 0.1) is 34.3 Å². The Labute approximate surface area is 108 Å². The zero-order valence-corrected chi connectivity index (χ0v) is 11.6. The molecule has 2 rings (SSSR count). The molecule has 4 nitrogen and oxygen atoms in total. The van der Waals surface area contributed by atoms with Crippen LogP contribution in [0, 0.1) is 10.5 Å². The van der Waals surface area contributed by atoms with Gasteiger partial charge in [0.1, 0.15) is 0 Å². The molecule has 1 aliphatic rings. The second-order valence-corrected chi connectivity index (χ2v) is 5.33. The summed E-state index contributed by atoms with van der Waals surface area (Å²) in [7, 11) is 0. The summed E-state index contributed by atoms with van der Waals surface area (Å²) in [6, 6.07) is 0. The summed E-state index contributed by atoms with van der Waals surface area (Å²) in [6.07, 6.45) is 4.20. The predicted molar refractivity (Wildman–Crippen MR) is 69.5 cm³/mol. The van der Waals surface area contributed by atoms with E-state index < -0.39 is 0 Å². The van der Waals surface area contributed by atoms with Crippen molar-refractivity contribution in [2.24, 2.45) is 0 Å². The third-order valence-corrected chi connectivity index (χ3v) is 4.12. The number of ether oxygens (including phenoxy) is 1. The third-order valence-electron chi connectivity index (χ3n) is 2.88. The molecular formula is C11H15IN2O2. The molecule has 1 aromatic heterocycles. The summed E-state index contributed by atoms with van der Waals surface area (Å²) in [4.78, 5) is 16.1. The summed E-state index contributed by atoms with van der Waals surface area (Å²) in [6.45, 7) is 4.54. The van der Waals surface area contributed by atoms with Gasteiger partial charge in [-0.2, -0.15) is 0 Å². The molecule has 1 aromatic rings. The number of nitrogens with zero attached hydrogens (tertiary/aromatic N) is 2. The van der Waals surface area contributed by atoms with Crippen molar-refractivity contribution in [2.45, 2.75) is 45.4 Å². The van der Waals surface area contributed by atoms with E-state index in [0.29, 0.717) is 16.2 Å². The van der Waals surface area contributed by atoms with Crippen molar-refractivity contribution < 1.29 is 4.74 Å². The van der Waals surface area contributed by atoms with Crippen LogP contribution >= 0.6 is 22.6 Å². The highest BCUT2D eigenvalue weighted by molar-refractivity contribution is 14.1. The lowest BCUT2D eigenvalue weighted by Gasteiger charge is -2.13. The standard InChI is InChI=1S/C11H15IN2O2/c1-7-3-4-9(16-7)5-14-6-13-8(2)10(12)11(14)15/h6-7,9H,3-5H2,1-2H3. The lowest BCUT2D eigenvalue weighted by Crippen LogP contribution is -2.29. The number of hydrogen-bond donors (Lipinski definition) is 0. The Balaban J connectivity index is 2.16. The van der Waals surface area contributed by atoms with Gasteiger partial charge in [-0.25, -0.2) is 4.98 Å². The molecule has 0 saturated carbocycles. The molecular weight excluding hydrogens is 319 g/mol. The van der Waals surface area contributed by atoms with Crippen LogP contribution in [0.5, 0.6) is 0 Å². The highest BCUT2D eigenvalue weighted by Gasteiger charge is 2.22. The molecule has 0 spiro atoms. The van der Waals surface area contributed by atoms with Gasteiger partial charge in [0.2, 0.25) is 0 Å². The van der Waals surface area contributed by atoms with Crippen molar-refractivity contribution in [1.82, 2.24) is 9.55 Å². The minimum Gasteiger partial charge on any atom is -0.373 e. The first kappa shape index (κ1) is 12.0. The molecule has 0 aromatic carbocycles. The first-order valence-corrected chi connectivity index (χ1v) is 6.53. The lowest BCUT2D eigenvalue weighted by atomic mass is 10.2. The van der Waals surface area contributed by atoms with E-state index in [9.17, 15) is 4.79 Å². The van der Waals surface area contributed by atoms with Gasteiger partial charge in [-0.15, -0.1) is 0 Å². The number of rotatable bonds is 2. The molecule has 0 N–H and O–H groups in total. The fourth-order valence-corrected chi connectivity index (χ4v) is 2.36. The molecule has 1 saturated heterocycles. The summed E-state index contributed by atoms with van der Waals surface area (Å²) in [5, 5.41) is 0. The Hall–Kier alpha value is -0.430. The fraction of sp³-hybridized carbons (Fsp3) is 0.636. The summed E-state index contributed by atoms with van der Waals surface area (Å²) in [5.74, 6) is 0. The SMILES string of the molecule is Cc1ncn(CC2CCC(C)O2)c(=O)c1I. The van der Waals surface area contributed by atoms with E-state index in [2.05, 4.69) is 11.9 Å². The third kappa shape index (κ3) is 2.45. The average molecular weight is 334 g/mol. The number of hydrogen-bond acceptors (Lipinski definition) is 3. The Bertz CT molecular complexity index is 444. The Morgan fingerprint density at radius 3 is 3.00 bits per heavy atom. The minimum atomic E-state index is 0.0382. The molecule has 1 aliphatic heterocycles. The van der Waals surface area contributed by atoms with Crippen LogP contribution in [0.4, 0.5) is 0 Å². The van der Waals surface area contributed by atoms with Crippen molar-refractivity contribution in [3.63, 3.8) is 0 Å². The molecule has 2 heterocycles. The van der Waals surface area contributed by atoms with Crippen LogP contribution in [0.15, 0.2) is 11.1 Å². The predicted octanol–water partition coefficient (Wildman–Crippen LogP) is 1.72. The van der Waals surface area contributed by atoms with Crippen molar-refractivity contribution >= 4 is 22.6 Å². The van der Waals surface area contributed by atoms with Crippen molar-refractivity contribution in [1.29, 1.82) is 0 Å². The zero-order chi connectivity index (χ0) is 11.7. The molecule has 5 heteroatoms. The van der Waals surface area contributed by atoms with Crippen LogP contribution in [0.25, 0.3) is 0 Å². The number of aromatic nitrogens is 2. The van der Waals surface area contributed by atoms with Crippen LogP contribution in [-0.2, 0) is 11.3 Å². The first-order valence-electron chi connectivity index (χ1n) is 5.45. The molecule has 88 valence electrons. The Morgan fingerprint density at radius 2 is 2.38 bits per heavy atom. The van der Waals surface area contributed by atoms with Gasteiger partial charge in [-0.05, 0) is 49.3 Å². The maximum atomic E-state index is 11.9. The summed E-state index contributed by atoms with van der Waals surface area (Å²) < 4.78 is 8.05. The van der Waals surface area contributed by atoms with E-state index in [0.717, 1.165) is 18.5 Å². The molecule has 0 bridgehead atoms. The molecule has 0 amide bonds. The van der Waals surface area contributed by atoms with E-state index in [4.69, 9.17) is 4.74 Å². The number of aryl methyl sites for hydroxylation is 1. The normalized spacial score (nSPS) is 24.9. The fourth-order valence-electron chi connectivity index (χ4n) is 1.92. The zero-order valence-electron chi connectivity index (χ0n) is 9.44. The van der Waals surface area contributed by atoms with Gasteiger partial charge in [-0.3, -0.25) is 9.36 Å². The quantitative estimate of drug-likeness (QED) is 0.774. The monoisotopic (exact) mass is 334 g/mol. The van der Waals surface area contributed by atoms with Gasteiger partial charge in [0, 0.05) is 0 Å². The van der Waals surface area contributed by atoms with Gasteiger partial charge < -0.3 is 4.74 Å². The lowest BCUT2D eigenvalue weighted by molar-refractivity contribution is 0.0449. The second-order valence-electron chi connectivity index (χ2n) is 4.25. The van der Waals surface area contributed by atoms with Crippen LogP contribution in [0.3, 0.4) is 0 Å². The maximum absolute atomic E-state index is 11.9. The Kier molecular flexibility index (Phi) is 3.63. The van der Waals surface area contributed by atoms with Gasteiger partial charge in [-0.1, -0.05) is 0 Å². The molecule has 0 radical (unpaired) electrons. The number of halogens is 1. The Morgan fingerprint density at radius 1 is 1.62 bits per heavy atom. The first-order chi connectivity index (χ1) is 7.58. The van der Waals surface area contributed by atoms with Crippen LogP contribution in [0.2, 0.25) is 0 Å². The van der Waals surface area contributed by atoms with Crippen LogP contribution in [-0.4, -0.2) is 21.8 Å². The van der Waals surface area contributed by atoms with Crippen LogP contribution in [0.1, 0.15) is 25.5 Å². The molecule has 1 fully saturated rings. The topological polar surface area (TPSA) is 44.1 Å². The average Bonchev–Trinajstić information content (AvgIpc) is 2.65. The van der Waals surface area contributed by atoms with E-state index >= 15 is 0 Å². The second kappa shape index (κ2) is 4.83. The molecule has 0 aliphatic carbocycles. The highest BCUT2D eigenvalue weighted by atomic mass is 127. The van der Waals surface area contributed by atoms with Gasteiger partial charge >= 0.3 is 0 Å². The van der Waals surface area contributed by atoms with Crippen molar-refractivity contribution in [3.05, 3.63) is 25.9 Å². The summed E-state index contributed by atoms with van der Waals surface area (Å²) in [5.41, 5.74) is 0.832. The smallest absolute Gasteiger partial charge is 0.267 e. The van der Waals surface area contributed by atoms with Crippen molar-refractivity contribution in [2.75, 3.05) is 0 Å². The maximum Gasteiger partial charge on any atom is 0.267 e. The molecule has 16 heavy (non-hydrogen) atoms. The minimum absolute atomic E-state index is 0.0382. The molecule has 2 atom stereocenters. The highest BCUT2D eigenvalue weighted by Crippen LogP contribution is 2.19. The van der Waals surface area contributed by atoms with E-state index in [1.807, 2.05) is 29.5 Å². The van der Waals surface area contributed by atoms with Crippen molar-refractivity contribution in [3.8, 4) is 0 Å². The van der Waals surface area contributed by atoms with E-state index in [-0.39, 0.29) is 11.7 Å². The van der Waals surface area contributed by atoms with Crippen LogP contribution < -0.4 is 5.56 Å². The molecule has 2 unspecified atom stereocenters. The largest absolute Gasteiger partial charge is 0.373 e. The van der Waals surface area contributed by atoms with Gasteiger partial charge in [0.15, 0.2) is 0 Å². The van der Waals surface area contributed by atoms with E-state index in [1.54, 1.807) is 10.9 Å².